The lowest BCUT2D eigenvalue weighted by molar-refractivity contribution is 0.248. The van der Waals surface area contributed by atoms with Gasteiger partial charge in [-0.2, -0.15) is 0 Å². The van der Waals surface area contributed by atoms with E-state index in [1.165, 1.54) is 225 Å². The van der Waals surface area contributed by atoms with Crippen LogP contribution in [-0.4, -0.2) is 40.9 Å². The highest BCUT2D eigenvalue weighted by molar-refractivity contribution is 7.39. The SMILES string of the molecule is CCCCCCCCCCCCN(CCCCCCCC/C=C\CCCCCCCCOP(O)O)CCCCCCCCCCCC. The van der Waals surface area contributed by atoms with E-state index < -0.39 is 8.60 Å². The van der Waals surface area contributed by atoms with Crippen LogP contribution in [0.15, 0.2) is 12.2 Å². The second kappa shape index (κ2) is 42.2. The lowest BCUT2D eigenvalue weighted by Crippen LogP contribution is -2.27. The molecule has 4 nitrogen and oxygen atoms in total. The third kappa shape index (κ3) is 42.1. The van der Waals surface area contributed by atoms with Crippen LogP contribution < -0.4 is 0 Å². The van der Waals surface area contributed by atoms with E-state index in [1.54, 1.807) is 0 Å². The fourth-order valence-electron chi connectivity index (χ4n) is 6.74. The first-order valence-electron chi connectivity index (χ1n) is 21.4. The molecular formula is C42H86NO3P. The number of allylic oxidation sites excluding steroid dienone is 2. The average Bonchev–Trinajstić information content (AvgIpc) is 3.06. The smallest absolute Gasteiger partial charge is 0.327 e. The Morgan fingerprint density at radius 3 is 0.979 bits per heavy atom. The molecule has 0 aromatic heterocycles. The molecule has 0 heterocycles. The van der Waals surface area contributed by atoms with Crippen LogP contribution >= 0.6 is 8.60 Å². The van der Waals surface area contributed by atoms with E-state index in [4.69, 9.17) is 14.3 Å². The Balaban J connectivity index is 3.84. The number of hydrogen-bond donors (Lipinski definition) is 2. The minimum atomic E-state index is -2.17. The van der Waals surface area contributed by atoms with E-state index in [1.807, 2.05) is 0 Å². The van der Waals surface area contributed by atoms with Gasteiger partial charge in [-0.25, -0.2) is 0 Å². The number of hydrogen-bond acceptors (Lipinski definition) is 4. The van der Waals surface area contributed by atoms with Crippen LogP contribution in [0, 0.1) is 0 Å². The molecule has 0 fully saturated rings. The zero-order valence-corrected chi connectivity index (χ0v) is 33.1. The highest BCUT2D eigenvalue weighted by Gasteiger charge is 2.05. The highest BCUT2D eigenvalue weighted by Crippen LogP contribution is 2.24. The summed E-state index contributed by atoms with van der Waals surface area (Å²) >= 11 is 0. The topological polar surface area (TPSA) is 52.9 Å². The van der Waals surface area contributed by atoms with Crippen LogP contribution in [0.2, 0.25) is 0 Å². The van der Waals surface area contributed by atoms with Crippen molar-refractivity contribution >= 4 is 8.60 Å². The lowest BCUT2D eigenvalue weighted by Gasteiger charge is -2.22. The van der Waals surface area contributed by atoms with Gasteiger partial charge in [0.1, 0.15) is 0 Å². The molecule has 0 aromatic carbocycles. The maximum Gasteiger partial charge on any atom is 0.327 e. The lowest BCUT2D eigenvalue weighted by atomic mass is 10.1. The van der Waals surface area contributed by atoms with Crippen LogP contribution in [0.3, 0.4) is 0 Å². The predicted molar refractivity (Wildman–Crippen MR) is 211 cm³/mol. The Bertz CT molecular complexity index is 564. The molecule has 0 aliphatic rings. The second-order valence-corrected chi connectivity index (χ2v) is 15.3. The maximum absolute atomic E-state index is 8.72. The average molecular weight is 684 g/mol. The second-order valence-electron chi connectivity index (χ2n) is 14.6. The molecule has 2 N–H and O–H groups in total. The molecular weight excluding hydrogens is 597 g/mol. The molecule has 0 aliphatic heterocycles. The first-order chi connectivity index (χ1) is 23.2. The van der Waals surface area contributed by atoms with Gasteiger partial charge in [-0.3, -0.25) is 0 Å². The van der Waals surface area contributed by atoms with Crippen molar-refractivity contribution in [2.24, 2.45) is 0 Å². The summed E-state index contributed by atoms with van der Waals surface area (Å²) in [5.41, 5.74) is 0. The molecule has 0 bridgehead atoms. The van der Waals surface area contributed by atoms with Crippen molar-refractivity contribution in [2.45, 2.75) is 232 Å². The molecule has 47 heavy (non-hydrogen) atoms. The molecule has 0 saturated carbocycles. The highest BCUT2D eigenvalue weighted by atomic mass is 31.2. The molecule has 0 aromatic rings. The van der Waals surface area contributed by atoms with Crippen molar-refractivity contribution in [3.05, 3.63) is 12.2 Å². The first-order valence-corrected chi connectivity index (χ1v) is 22.5. The largest absolute Gasteiger partial charge is 0.328 e. The van der Waals surface area contributed by atoms with Crippen molar-refractivity contribution in [1.82, 2.24) is 4.90 Å². The number of unbranched alkanes of at least 4 members (excludes halogenated alkanes) is 30. The van der Waals surface area contributed by atoms with Crippen molar-refractivity contribution in [1.29, 1.82) is 0 Å². The zero-order valence-electron chi connectivity index (χ0n) is 32.2. The normalized spacial score (nSPS) is 12.0. The summed E-state index contributed by atoms with van der Waals surface area (Å²) in [6.45, 7) is 9.11. The molecule has 0 saturated heterocycles. The summed E-state index contributed by atoms with van der Waals surface area (Å²) in [6.07, 6.45) is 51.6. The summed E-state index contributed by atoms with van der Waals surface area (Å²) in [5, 5.41) is 0. The van der Waals surface area contributed by atoms with Crippen molar-refractivity contribution in [3.8, 4) is 0 Å². The molecule has 0 aliphatic carbocycles. The standard InChI is InChI=1S/C42H86NO3P/c1-3-5-7-9-11-13-23-27-31-35-39-43(40-36-32-28-24-14-12-10-8-6-4-2)41-37-33-29-25-21-19-17-15-16-18-20-22-26-30-34-38-42-46-47(44)45/h15-16,44-45H,3-14,17-42H2,1-2H3/b16-15-. The summed E-state index contributed by atoms with van der Waals surface area (Å²) in [4.78, 5) is 20.3. The number of rotatable bonds is 41. The number of nitrogens with zero attached hydrogens (tertiary/aromatic N) is 1. The molecule has 282 valence electrons. The van der Waals surface area contributed by atoms with Gasteiger partial charge in [-0.05, 0) is 71.0 Å². The van der Waals surface area contributed by atoms with Gasteiger partial charge in [0.25, 0.3) is 0 Å². The van der Waals surface area contributed by atoms with Crippen molar-refractivity contribution in [2.75, 3.05) is 26.2 Å². The van der Waals surface area contributed by atoms with Crippen molar-refractivity contribution in [3.63, 3.8) is 0 Å². The summed E-state index contributed by atoms with van der Waals surface area (Å²) < 4.78 is 4.80. The fraction of sp³-hybridized carbons (Fsp3) is 0.952. The van der Waals surface area contributed by atoms with E-state index >= 15 is 0 Å². The Kier molecular flexibility index (Phi) is 42.2. The van der Waals surface area contributed by atoms with E-state index in [0.717, 1.165) is 12.8 Å². The first kappa shape index (κ1) is 47.0. The van der Waals surface area contributed by atoms with Gasteiger partial charge >= 0.3 is 8.60 Å². The summed E-state index contributed by atoms with van der Waals surface area (Å²) in [6, 6.07) is 0. The molecule has 0 amide bonds. The van der Waals surface area contributed by atoms with E-state index in [0.29, 0.717) is 6.61 Å². The van der Waals surface area contributed by atoms with Gasteiger partial charge < -0.3 is 19.2 Å². The Morgan fingerprint density at radius 2 is 0.660 bits per heavy atom. The Morgan fingerprint density at radius 1 is 0.383 bits per heavy atom. The van der Waals surface area contributed by atoms with Gasteiger partial charge in [0.05, 0.1) is 6.61 Å². The van der Waals surface area contributed by atoms with Crippen LogP contribution in [0.4, 0.5) is 0 Å². The van der Waals surface area contributed by atoms with Crippen LogP contribution in [0.5, 0.6) is 0 Å². The van der Waals surface area contributed by atoms with E-state index in [-0.39, 0.29) is 0 Å². The molecule has 0 unspecified atom stereocenters. The van der Waals surface area contributed by atoms with Gasteiger partial charge in [-0.1, -0.05) is 193 Å². The monoisotopic (exact) mass is 684 g/mol. The van der Waals surface area contributed by atoms with Crippen LogP contribution in [0.25, 0.3) is 0 Å². The molecule has 0 radical (unpaired) electrons. The molecule has 0 spiro atoms. The van der Waals surface area contributed by atoms with E-state index in [9.17, 15) is 0 Å². The summed E-state index contributed by atoms with van der Waals surface area (Å²) in [7, 11) is -2.17. The van der Waals surface area contributed by atoms with Crippen LogP contribution in [0.1, 0.15) is 232 Å². The minimum Gasteiger partial charge on any atom is -0.328 e. The third-order valence-corrected chi connectivity index (χ3v) is 10.3. The predicted octanol–water partition coefficient (Wildman–Crippen LogP) is 14.4. The van der Waals surface area contributed by atoms with E-state index in [2.05, 4.69) is 30.9 Å². The quantitative estimate of drug-likeness (QED) is 0.0383. The minimum absolute atomic E-state index is 0.471. The zero-order chi connectivity index (χ0) is 34.1. The van der Waals surface area contributed by atoms with Gasteiger partial charge in [-0.15, -0.1) is 0 Å². The Labute approximate surface area is 297 Å². The van der Waals surface area contributed by atoms with Gasteiger partial charge in [0.2, 0.25) is 0 Å². The molecule has 0 rings (SSSR count). The van der Waals surface area contributed by atoms with Crippen molar-refractivity contribution < 1.29 is 14.3 Å². The summed E-state index contributed by atoms with van der Waals surface area (Å²) in [5.74, 6) is 0. The molecule has 5 heteroatoms. The van der Waals surface area contributed by atoms with Gasteiger partial charge in [0.15, 0.2) is 0 Å². The van der Waals surface area contributed by atoms with Crippen LogP contribution in [-0.2, 0) is 4.52 Å². The third-order valence-electron chi connectivity index (χ3n) is 9.89. The fourth-order valence-corrected chi connectivity index (χ4v) is 7.03. The maximum atomic E-state index is 8.72. The van der Waals surface area contributed by atoms with Gasteiger partial charge in [0, 0.05) is 0 Å². The molecule has 0 atom stereocenters. The Hall–Kier alpha value is 0.01000.